The van der Waals surface area contributed by atoms with E-state index in [1.807, 2.05) is 35.3 Å². The van der Waals surface area contributed by atoms with Gasteiger partial charge in [-0.2, -0.15) is 0 Å². The highest BCUT2D eigenvalue weighted by Crippen LogP contribution is 2.28. The van der Waals surface area contributed by atoms with Crippen LogP contribution in [0.2, 0.25) is 0 Å². The summed E-state index contributed by atoms with van der Waals surface area (Å²) in [6, 6.07) is 9.98. The van der Waals surface area contributed by atoms with Crippen molar-refractivity contribution in [2.24, 2.45) is 5.92 Å². The van der Waals surface area contributed by atoms with Crippen LogP contribution in [0.1, 0.15) is 32.8 Å². The molecule has 0 saturated carbocycles. The Morgan fingerprint density at radius 2 is 2.00 bits per heavy atom. The molecule has 4 nitrogen and oxygen atoms in total. The van der Waals surface area contributed by atoms with Crippen LogP contribution in [0.25, 0.3) is 0 Å². The molecule has 1 atom stereocenters. The summed E-state index contributed by atoms with van der Waals surface area (Å²) in [4.78, 5) is 24.4. The number of amides is 2. The normalized spacial score (nSPS) is 19.9. The van der Waals surface area contributed by atoms with Crippen LogP contribution in [-0.2, 0) is 16.1 Å². The molecular weight excluding hydrogens is 264 g/mol. The van der Waals surface area contributed by atoms with Crippen molar-refractivity contribution in [3.63, 3.8) is 0 Å². The Bertz CT molecular complexity index is 537. The standard InChI is InChI=1S/C17H22N2O2/c1-4-8-16(20)19-17(21)11-15(13(2)3)18(19)12-14-9-6-5-7-10-14/h4-10,13,15H,11-12H2,1-3H3/b8-4+/t15-/m0/s1. The van der Waals surface area contributed by atoms with E-state index in [-0.39, 0.29) is 17.9 Å². The van der Waals surface area contributed by atoms with Crippen LogP contribution in [-0.4, -0.2) is 27.9 Å². The van der Waals surface area contributed by atoms with E-state index >= 15 is 0 Å². The first-order valence-electron chi connectivity index (χ1n) is 7.34. The Balaban J connectivity index is 2.29. The van der Waals surface area contributed by atoms with Crippen LogP contribution in [0.5, 0.6) is 0 Å². The van der Waals surface area contributed by atoms with E-state index in [1.54, 1.807) is 13.0 Å². The van der Waals surface area contributed by atoms with Gasteiger partial charge in [0.05, 0.1) is 0 Å². The molecule has 0 radical (unpaired) electrons. The maximum absolute atomic E-state index is 12.2. The molecule has 112 valence electrons. The van der Waals surface area contributed by atoms with E-state index in [0.717, 1.165) is 5.56 Å². The lowest BCUT2D eigenvalue weighted by molar-refractivity contribution is -0.155. The van der Waals surface area contributed by atoms with Gasteiger partial charge in [-0.3, -0.25) is 9.59 Å². The van der Waals surface area contributed by atoms with Gasteiger partial charge in [0, 0.05) is 25.1 Å². The molecule has 1 aromatic rings. The molecule has 2 rings (SSSR count). The zero-order valence-corrected chi connectivity index (χ0v) is 12.8. The van der Waals surface area contributed by atoms with E-state index in [0.29, 0.717) is 18.9 Å². The second kappa shape index (κ2) is 6.68. The first-order valence-corrected chi connectivity index (χ1v) is 7.34. The summed E-state index contributed by atoms with van der Waals surface area (Å²) in [5.74, 6) is -0.0737. The zero-order valence-electron chi connectivity index (χ0n) is 12.8. The number of benzene rings is 1. The van der Waals surface area contributed by atoms with Crippen LogP contribution >= 0.6 is 0 Å². The average molecular weight is 286 g/mol. The van der Waals surface area contributed by atoms with Crippen molar-refractivity contribution < 1.29 is 9.59 Å². The fraction of sp³-hybridized carbons (Fsp3) is 0.412. The molecule has 21 heavy (non-hydrogen) atoms. The molecular formula is C17H22N2O2. The highest BCUT2D eigenvalue weighted by Gasteiger charge is 2.41. The van der Waals surface area contributed by atoms with Gasteiger partial charge >= 0.3 is 0 Å². The minimum Gasteiger partial charge on any atom is -0.273 e. The molecule has 0 aromatic heterocycles. The molecule has 1 aromatic carbocycles. The molecule has 4 heteroatoms. The number of allylic oxidation sites excluding steroid dienone is 1. The van der Waals surface area contributed by atoms with Crippen molar-refractivity contribution in [1.29, 1.82) is 0 Å². The van der Waals surface area contributed by atoms with Gasteiger partial charge in [0.25, 0.3) is 5.91 Å². The lowest BCUT2D eigenvalue weighted by Crippen LogP contribution is -2.46. The minimum atomic E-state index is -0.262. The Hall–Kier alpha value is -1.94. The highest BCUT2D eigenvalue weighted by molar-refractivity contribution is 6.01. The molecule has 0 aliphatic carbocycles. The largest absolute Gasteiger partial charge is 0.273 e. The molecule has 2 amide bonds. The maximum Gasteiger partial charge on any atom is 0.267 e. The summed E-state index contributed by atoms with van der Waals surface area (Å²) < 4.78 is 0. The summed E-state index contributed by atoms with van der Waals surface area (Å²) in [6.07, 6.45) is 3.51. The average Bonchev–Trinajstić information content (AvgIpc) is 2.77. The predicted octanol–water partition coefficient (Wildman–Crippen LogP) is 2.76. The van der Waals surface area contributed by atoms with E-state index < -0.39 is 0 Å². The van der Waals surface area contributed by atoms with Crippen molar-refractivity contribution in [3.8, 4) is 0 Å². The van der Waals surface area contributed by atoms with Crippen molar-refractivity contribution in [1.82, 2.24) is 10.0 Å². The van der Waals surface area contributed by atoms with Gasteiger partial charge in [0.15, 0.2) is 0 Å². The molecule has 0 bridgehead atoms. The topological polar surface area (TPSA) is 40.6 Å². The number of imide groups is 1. The third-order valence-corrected chi connectivity index (χ3v) is 3.73. The third-order valence-electron chi connectivity index (χ3n) is 3.73. The molecule has 0 unspecified atom stereocenters. The van der Waals surface area contributed by atoms with E-state index in [9.17, 15) is 9.59 Å². The van der Waals surface area contributed by atoms with Gasteiger partial charge in [0.2, 0.25) is 5.91 Å². The van der Waals surface area contributed by atoms with Crippen LogP contribution in [0.15, 0.2) is 42.5 Å². The number of carbonyl (C=O) groups is 2. The van der Waals surface area contributed by atoms with Crippen molar-refractivity contribution in [3.05, 3.63) is 48.0 Å². The third kappa shape index (κ3) is 3.39. The first-order chi connectivity index (χ1) is 10.0. The van der Waals surface area contributed by atoms with Gasteiger partial charge in [-0.1, -0.05) is 50.3 Å². The Morgan fingerprint density at radius 1 is 1.33 bits per heavy atom. The molecule has 0 N–H and O–H groups in total. The SMILES string of the molecule is C/C=C/C(=O)N1C(=O)C[C@@H](C(C)C)N1Cc1ccccc1. The van der Waals surface area contributed by atoms with E-state index in [1.165, 1.54) is 11.1 Å². The highest BCUT2D eigenvalue weighted by atomic mass is 16.2. The van der Waals surface area contributed by atoms with Crippen LogP contribution in [0, 0.1) is 5.92 Å². The number of nitrogens with zero attached hydrogens (tertiary/aromatic N) is 2. The predicted molar refractivity (Wildman–Crippen MR) is 81.9 cm³/mol. The van der Waals surface area contributed by atoms with E-state index in [2.05, 4.69) is 13.8 Å². The molecule has 1 aliphatic rings. The van der Waals surface area contributed by atoms with Gasteiger partial charge in [-0.05, 0) is 18.4 Å². The second-order valence-corrected chi connectivity index (χ2v) is 5.64. The zero-order chi connectivity index (χ0) is 15.4. The molecule has 1 heterocycles. The van der Waals surface area contributed by atoms with Crippen LogP contribution < -0.4 is 0 Å². The van der Waals surface area contributed by atoms with Crippen molar-refractivity contribution in [2.45, 2.75) is 39.8 Å². The fourth-order valence-electron chi connectivity index (χ4n) is 2.66. The number of rotatable bonds is 4. The van der Waals surface area contributed by atoms with Gasteiger partial charge in [0.1, 0.15) is 0 Å². The van der Waals surface area contributed by atoms with Gasteiger partial charge in [-0.25, -0.2) is 10.0 Å². The number of hydrazine groups is 1. The van der Waals surface area contributed by atoms with Crippen molar-refractivity contribution >= 4 is 11.8 Å². The Kier molecular flexibility index (Phi) is 4.91. The Labute approximate surface area is 126 Å². The lowest BCUT2D eigenvalue weighted by atomic mass is 10.0. The maximum atomic E-state index is 12.2. The number of carbonyl (C=O) groups excluding carboxylic acids is 2. The molecule has 1 saturated heterocycles. The van der Waals surface area contributed by atoms with Gasteiger partial charge < -0.3 is 0 Å². The summed E-state index contributed by atoms with van der Waals surface area (Å²) >= 11 is 0. The van der Waals surface area contributed by atoms with Crippen LogP contribution in [0.4, 0.5) is 0 Å². The van der Waals surface area contributed by atoms with Crippen LogP contribution in [0.3, 0.4) is 0 Å². The summed E-state index contributed by atoms with van der Waals surface area (Å²) in [7, 11) is 0. The van der Waals surface area contributed by atoms with Gasteiger partial charge in [-0.15, -0.1) is 0 Å². The fourth-order valence-corrected chi connectivity index (χ4v) is 2.66. The first kappa shape index (κ1) is 15.4. The second-order valence-electron chi connectivity index (χ2n) is 5.64. The lowest BCUT2D eigenvalue weighted by Gasteiger charge is -2.31. The smallest absolute Gasteiger partial charge is 0.267 e. The van der Waals surface area contributed by atoms with E-state index in [4.69, 9.17) is 0 Å². The summed E-state index contributed by atoms with van der Waals surface area (Å²) in [5.41, 5.74) is 1.09. The summed E-state index contributed by atoms with van der Waals surface area (Å²) in [5, 5.41) is 3.21. The summed E-state index contributed by atoms with van der Waals surface area (Å²) in [6.45, 7) is 6.51. The quantitative estimate of drug-likeness (QED) is 0.799. The number of hydrogen-bond donors (Lipinski definition) is 0. The number of hydrogen-bond acceptors (Lipinski definition) is 3. The minimum absolute atomic E-state index is 0.0620. The molecule has 1 fully saturated rings. The van der Waals surface area contributed by atoms with Crippen molar-refractivity contribution in [2.75, 3.05) is 0 Å². The Morgan fingerprint density at radius 3 is 2.57 bits per heavy atom. The molecule has 0 spiro atoms. The molecule has 1 aliphatic heterocycles. The monoisotopic (exact) mass is 286 g/mol.